The van der Waals surface area contributed by atoms with Crippen LogP contribution in [-0.2, 0) is 62.6 Å². The smallest absolute Gasteiger partial charge is 0.493 e. The van der Waals surface area contributed by atoms with E-state index in [9.17, 15) is 11.1 Å². The first-order chi connectivity index (χ1) is 58.5. The van der Waals surface area contributed by atoms with Crippen LogP contribution in [-0.4, -0.2) is 9.39 Å². The van der Waals surface area contributed by atoms with Gasteiger partial charge in [-0.15, -0.1) is 0 Å². The summed E-state index contributed by atoms with van der Waals surface area (Å²) in [5, 5.41) is 0. The second kappa shape index (κ2) is 89.3. The minimum absolute atomic E-state index is 0. The van der Waals surface area contributed by atoms with Gasteiger partial charge < -0.3 is 38.8 Å². The topological polar surface area (TPSA) is 50.6 Å². The first kappa shape index (κ1) is 119. The maximum atomic E-state index is 11.6. The summed E-state index contributed by atoms with van der Waals surface area (Å²) >= 11 is 0. The molecule has 0 saturated carbocycles. The summed E-state index contributed by atoms with van der Waals surface area (Å²) in [5.74, 6) is 0. The number of hydrogen-bond acceptors (Lipinski definition) is 0. The molecule has 6 heteroatoms. The first-order valence-corrected chi connectivity index (χ1v) is 51.6. The summed E-state index contributed by atoms with van der Waals surface area (Å²) in [4.78, 5) is 0. The molecule has 0 fully saturated rings. The van der Waals surface area contributed by atoms with E-state index in [4.69, 9.17) is 0 Å². The number of rotatable bonds is 68. The van der Waals surface area contributed by atoms with Crippen LogP contribution in [0.5, 0.6) is 0 Å². The third-order valence-corrected chi connectivity index (χ3v) is 24.1. The zero-order chi connectivity index (χ0) is 86.8. The monoisotopic (exact) mass is 1790 g/mol. The molecule has 692 valence electrons. The van der Waals surface area contributed by atoms with Crippen molar-refractivity contribution >= 4 is 22.8 Å². The Labute approximate surface area is 778 Å². The number of unbranched alkanes of at least 4 members (excludes halogenated alkanes) is 53. The van der Waals surface area contributed by atoms with E-state index < -0.39 is 0 Å². The van der Waals surface area contributed by atoms with Crippen LogP contribution in [0.2, 0.25) is 0 Å². The van der Waals surface area contributed by atoms with Crippen LogP contribution in [0.3, 0.4) is 0 Å². The fourth-order valence-corrected chi connectivity index (χ4v) is 16.0. The standard InChI is InChI=1S/C37H52N2.C30H40N2.2C20H41.2C4H9.Ni.Pd/c1-3-5-6-7-8-9-10-11-12-13-14-15-16-17-18-19-20-23-33-24-21-22-25-35(33)37-31-30-36(39(37)38)34-28-26-32(4-2)27-29-34;1-5-9-11-16-27-28(17-12-10-6-2)30(26-15-13-14-24(8-4)22-26)32(31)29(27)25-20-18-23(7-3)19-21-25;2*1-3-5-7-9-11-13-15-17-19-20-18-16-14-12-10-8-6-4-2;2*1-3-4-2;;/h18-19,21-22,24-31H,3-17,20,23H2,1-2H3;13-15,18-22H,5-12,16-17H2,1-4H3;2*1,3-20H2,2H3;2*1,3-4H2,2H3;;/q;;4*-1;2*+2. The molecule has 0 bridgehead atoms. The Morgan fingerprint density at radius 1 is 0.264 bits per heavy atom. The van der Waals surface area contributed by atoms with Crippen molar-refractivity contribution in [1.29, 1.82) is 0 Å². The van der Waals surface area contributed by atoms with Crippen LogP contribution in [0.15, 0.2) is 133 Å². The SMILES string of the molecule is CCCCCC1=C(c2ccc(CC)cc2)[N+](=[N-])C(c2cccc(CC)c2)=C1CCCCC.CCCCCCCCCCCCCCCC=CCCc1ccccc1C1=CC=C(c2ccc(CC)cc2)[N+]1=[N-].[CH2-]CCC.[CH2-]CCC.[CH2-]CCCCCCCCCCCCCCCCCCC.[CH2-]CCCCCCCCCCCCCCCCCCC.[Ni+2].[Pd+2]. The van der Waals surface area contributed by atoms with E-state index >= 15 is 0 Å². The van der Waals surface area contributed by atoms with Gasteiger partial charge in [-0.05, 0) is 135 Å². The molecule has 0 spiro atoms. The zero-order valence-electron chi connectivity index (χ0n) is 81.2. The average Bonchev–Trinajstić information content (AvgIpc) is 1.60. The molecule has 121 heavy (non-hydrogen) atoms. The van der Waals surface area contributed by atoms with Gasteiger partial charge in [0.25, 0.3) is 0 Å². The molecule has 0 saturated heterocycles. The Hall–Kier alpha value is -4.06. The maximum Gasteiger partial charge on any atom is 2.00 e. The normalized spacial score (nSPS) is 12.2. The van der Waals surface area contributed by atoms with E-state index in [1.807, 2.05) is 12.2 Å². The Kier molecular flexibility index (Phi) is 87.8. The Morgan fingerprint density at radius 3 is 0.917 bits per heavy atom. The summed E-state index contributed by atoms with van der Waals surface area (Å²) in [6.07, 6.45) is 98.7. The van der Waals surface area contributed by atoms with Crippen molar-refractivity contribution < 1.29 is 46.3 Å². The number of aryl methyl sites for hydroxylation is 4. The molecule has 0 aromatic heterocycles. The quantitative estimate of drug-likeness (QED) is 0.0139. The summed E-state index contributed by atoms with van der Waals surface area (Å²) in [5.41, 5.74) is 38.6. The third kappa shape index (κ3) is 61.1. The fourth-order valence-electron chi connectivity index (χ4n) is 16.0. The van der Waals surface area contributed by atoms with Gasteiger partial charge in [-0.2, -0.15) is 25.7 Å². The molecule has 2 heterocycles. The van der Waals surface area contributed by atoms with Gasteiger partial charge in [0.15, 0.2) is 0 Å². The van der Waals surface area contributed by atoms with Crippen LogP contribution in [0, 0.1) is 27.7 Å². The van der Waals surface area contributed by atoms with Gasteiger partial charge in [-0.1, -0.05) is 470 Å². The van der Waals surface area contributed by atoms with Gasteiger partial charge in [-0.3, -0.25) is 0 Å². The molecule has 0 N–H and O–H groups in total. The molecule has 4 aromatic rings. The Balaban J connectivity index is 0. The number of nitrogens with zero attached hydrogens (tertiary/aromatic N) is 4. The zero-order valence-corrected chi connectivity index (χ0v) is 83.7. The molecule has 0 unspecified atom stereocenters. The van der Waals surface area contributed by atoms with E-state index in [0.717, 1.165) is 129 Å². The van der Waals surface area contributed by atoms with Crippen molar-refractivity contribution in [3.8, 4) is 0 Å². The Bertz CT molecular complexity index is 3040. The Morgan fingerprint density at radius 2 is 0.570 bits per heavy atom. The van der Waals surface area contributed by atoms with Crippen LogP contribution in [0.4, 0.5) is 0 Å². The van der Waals surface area contributed by atoms with Crippen molar-refractivity contribution in [2.24, 2.45) is 0 Å². The summed E-state index contributed by atoms with van der Waals surface area (Å²) in [6.45, 7) is 37.2. The van der Waals surface area contributed by atoms with Crippen molar-refractivity contribution in [2.75, 3.05) is 0 Å². The number of hydrogen-bond donors (Lipinski definition) is 0. The molecule has 4 aromatic carbocycles. The van der Waals surface area contributed by atoms with E-state index in [1.54, 1.807) is 0 Å². The molecular formula is C115H192N4NiPd. The van der Waals surface area contributed by atoms with Crippen molar-refractivity contribution in [3.05, 3.63) is 216 Å². The minimum Gasteiger partial charge on any atom is -0.493 e. The minimum atomic E-state index is 0. The largest absolute Gasteiger partial charge is 2.00 e. The maximum absolute atomic E-state index is 11.6. The van der Waals surface area contributed by atoms with Gasteiger partial charge in [0.05, 0.1) is 0 Å². The average molecular weight is 1800 g/mol. The van der Waals surface area contributed by atoms with Gasteiger partial charge in [0.1, 0.15) is 0 Å². The molecule has 6 rings (SSSR count). The van der Waals surface area contributed by atoms with E-state index in [2.05, 4.69) is 206 Å². The van der Waals surface area contributed by atoms with Crippen molar-refractivity contribution in [1.82, 2.24) is 0 Å². The third-order valence-electron chi connectivity index (χ3n) is 24.1. The first-order valence-electron chi connectivity index (χ1n) is 51.6. The van der Waals surface area contributed by atoms with E-state index in [1.165, 1.54) is 390 Å². The molecule has 2 aliphatic rings. The fraction of sp³-hybridized carbons (Fsp3) is 0.670. The second-order valence-corrected chi connectivity index (χ2v) is 34.9. The van der Waals surface area contributed by atoms with Crippen molar-refractivity contribution in [2.45, 2.75) is 499 Å². The predicted octanol–water partition coefficient (Wildman–Crippen LogP) is 39.8. The molecule has 0 amide bonds. The number of benzene rings is 4. The summed E-state index contributed by atoms with van der Waals surface area (Å²) in [7, 11) is 0. The summed E-state index contributed by atoms with van der Waals surface area (Å²) < 4.78 is 2.86. The summed E-state index contributed by atoms with van der Waals surface area (Å²) in [6, 6.07) is 34.4. The number of allylic oxidation sites excluding steroid dienone is 6. The van der Waals surface area contributed by atoms with Crippen LogP contribution in [0.25, 0.3) is 33.9 Å². The molecular weight excluding hydrogens is 1600 g/mol. The molecule has 4 nitrogen and oxygen atoms in total. The molecule has 0 radical (unpaired) electrons. The van der Waals surface area contributed by atoms with E-state index in [0.29, 0.717) is 0 Å². The van der Waals surface area contributed by atoms with Gasteiger partial charge in [0, 0.05) is 45.6 Å². The van der Waals surface area contributed by atoms with Crippen LogP contribution < -0.4 is 0 Å². The predicted molar refractivity (Wildman–Crippen MR) is 536 cm³/mol. The van der Waals surface area contributed by atoms with Gasteiger partial charge in [0.2, 0.25) is 22.8 Å². The molecule has 0 atom stereocenters. The van der Waals surface area contributed by atoms with Crippen molar-refractivity contribution in [3.63, 3.8) is 0 Å². The van der Waals surface area contributed by atoms with Crippen LogP contribution >= 0.6 is 0 Å². The molecule has 0 aliphatic carbocycles. The van der Waals surface area contributed by atoms with E-state index in [-0.39, 0.29) is 36.9 Å². The van der Waals surface area contributed by atoms with Gasteiger partial charge in [-0.25, -0.2) is 9.39 Å². The van der Waals surface area contributed by atoms with Crippen LogP contribution in [0.1, 0.15) is 518 Å². The molecule has 2 aliphatic heterocycles. The second-order valence-electron chi connectivity index (χ2n) is 34.9. The van der Waals surface area contributed by atoms with Gasteiger partial charge >= 0.3 is 36.9 Å².